The third kappa shape index (κ3) is 2.02. The Morgan fingerprint density at radius 3 is 2.69 bits per heavy atom. The van der Waals surface area contributed by atoms with E-state index in [0.717, 1.165) is 61.4 Å². The Labute approximate surface area is 202 Å². The van der Waals surface area contributed by atoms with Gasteiger partial charge in [0, 0.05) is 39.7 Å². The highest BCUT2D eigenvalue weighted by Gasteiger charge is 2.85. The molecule has 0 radical (unpaired) electrons. The van der Waals surface area contributed by atoms with E-state index in [0.29, 0.717) is 16.4 Å². The van der Waals surface area contributed by atoms with Gasteiger partial charge >= 0.3 is 0 Å². The van der Waals surface area contributed by atoms with Gasteiger partial charge in [0.25, 0.3) is 0 Å². The summed E-state index contributed by atoms with van der Waals surface area (Å²) in [7, 11) is 0. The Kier molecular flexibility index (Phi) is 3.93. The molecule has 2 spiro atoms. The van der Waals surface area contributed by atoms with Gasteiger partial charge in [-0.3, -0.25) is 0 Å². The van der Waals surface area contributed by atoms with Crippen molar-refractivity contribution < 1.29 is 14.9 Å². The second-order valence-electron chi connectivity index (χ2n) is 10.7. The molecule has 3 nitrogen and oxygen atoms in total. The number of hydrogen-bond donors (Lipinski definition) is 2. The van der Waals surface area contributed by atoms with Crippen molar-refractivity contribution in [2.75, 3.05) is 0 Å². The van der Waals surface area contributed by atoms with Gasteiger partial charge in [-0.25, -0.2) is 0 Å². The fourth-order valence-corrected chi connectivity index (χ4v) is 9.14. The van der Waals surface area contributed by atoms with Crippen LogP contribution in [0.15, 0.2) is 56.8 Å². The van der Waals surface area contributed by atoms with E-state index in [4.69, 9.17) is 16.3 Å². The number of aliphatic hydroxyl groups is 2. The zero-order valence-corrected chi connectivity index (χ0v) is 20.2. The van der Waals surface area contributed by atoms with Crippen LogP contribution in [0.2, 0.25) is 0 Å². The van der Waals surface area contributed by atoms with Crippen molar-refractivity contribution in [2.24, 2.45) is 22.7 Å². The van der Waals surface area contributed by atoms with Crippen molar-refractivity contribution >= 4 is 27.5 Å². The van der Waals surface area contributed by atoms with E-state index in [2.05, 4.69) is 58.2 Å². The molecule has 5 heteroatoms. The van der Waals surface area contributed by atoms with Crippen LogP contribution in [0.5, 0.6) is 0 Å². The average molecular weight is 514 g/mol. The molecule has 0 bridgehead atoms. The SMILES string of the molecule is O[C@@H]1C23CCC4(C=C5O[C@@](C6=CC=C(Br)CC6)(C2C2C#CCC=CC2)[C@]1(O)C5=C4Cl)CC3. The van der Waals surface area contributed by atoms with Gasteiger partial charge in [0.2, 0.25) is 0 Å². The molecule has 3 fully saturated rings. The molecule has 6 rings (SSSR count). The first kappa shape index (κ1) is 20.2. The standard InChI is InChI=1S/C27H26BrClO3/c28-18-9-7-17(8-10-18)27-21(16-5-3-1-2-4-6-16)25-13-11-24(12-14-25)15-19(32-27)20(22(24)29)26(27,31)23(25)30/h1,3,7,9,15-16,21,23,30-31H,2,5,8,10-14H2/t16?,21?,23-,24?,25?,26+,27+/m1/s1. The largest absolute Gasteiger partial charge is 0.479 e. The van der Waals surface area contributed by atoms with E-state index < -0.39 is 22.7 Å². The lowest BCUT2D eigenvalue weighted by Crippen LogP contribution is -2.58. The Hall–Kier alpha value is -1.25. The molecule has 166 valence electrons. The first-order chi connectivity index (χ1) is 15.4. The van der Waals surface area contributed by atoms with E-state index in [-0.39, 0.29) is 17.3 Å². The zero-order valence-electron chi connectivity index (χ0n) is 17.8. The molecule has 0 aromatic carbocycles. The molecule has 5 aliphatic carbocycles. The molecule has 1 aliphatic heterocycles. The zero-order chi connectivity index (χ0) is 21.9. The molecule has 0 aromatic rings. The van der Waals surface area contributed by atoms with Crippen LogP contribution in [-0.4, -0.2) is 27.5 Å². The Morgan fingerprint density at radius 2 is 1.94 bits per heavy atom. The summed E-state index contributed by atoms with van der Waals surface area (Å²) in [5.74, 6) is 7.48. The van der Waals surface area contributed by atoms with Gasteiger partial charge in [0.05, 0.1) is 6.10 Å². The topological polar surface area (TPSA) is 49.7 Å². The quantitative estimate of drug-likeness (QED) is 0.384. The smallest absolute Gasteiger partial charge is 0.170 e. The number of allylic oxidation sites excluding steroid dienone is 7. The van der Waals surface area contributed by atoms with Crippen molar-refractivity contribution in [3.63, 3.8) is 0 Å². The minimum absolute atomic E-state index is 0.00995. The van der Waals surface area contributed by atoms with Gasteiger partial charge in [-0.05, 0) is 61.1 Å². The molecule has 6 aliphatic rings. The van der Waals surface area contributed by atoms with E-state index in [1.165, 1.54) is 0 Å². The predicted octanol–water partition coefficient (Wildman–Crippen LogP) is 5.40. The summed E-state index contributed by atoms with van der Waals surface area (Å²) in [5, 5.41) is 25.5. The van der Waals surface area contributed by atoms with Crippen molar-refractivity contribution in [3.8, 4) is 11.8 Å². The summed E-state index contributed by atoms with van der Waals surface area (Å²) < 4.78 is 8.12. The predicted molar refractivity (Wildman–Crippen MR) is 127 cm³/mol. The number of ether oxygens (including phenoxy) is 1. The summed E-state index contributed by atoms with van der Waals surface area (Å²) >= 11 is 10.7. The maximum atomic E-state index is 12.7. The van der Waals surface area contributed by atoms with Crippen LogP contribution in [0.25, 0.3) is 0 Å². The van der Waals surface area contributed by atoms with Gasteiger partial charge < -0.3 is 14.9 Å². The van der Waals surface area contributed by atoms with Crippen LogP contribution in [0.1, 0.15) is 51.4 Å². The third-order valence-electron chi connectivity index (χ3n) is 9.64. The molecule has 2 unspecified atom stereocenters. The normalized spacial score (nSPS) is 49.6. The van der Waals surface area contributed by atoms with E-state index in [1.54, 1.807) is 0 Å². The van der Waals surface area contributed by atoms with Gasteiger partial charge in [0.15, 0.2) is 11.2 Å². The fraction of sp³-hybridized carbons (Fsp3) is 0.556. The van der Waals surface area contributed by atoms with E-state index in [9.17, 15) is 10.2 Å². The number of halogens is 2. The minimum Gasteiger partial charge on any atom is -0.479 e. The fourth-order valence-electron chi connectivity index (χ4n) is 8.33. The lowest BCUT2D eigenvalue weighted by Gasteiger charge is -2.50. The molecule has 1 heterocycles. The summed E-state index contributed by atoms with van der Waals surface area (Å²) in [6.07, 6.45) is 16.4. The maximum absolute atomic E-state index is 12.7. The molecule has 2 N–H and O–H groups in total. The summed E-state index contributed by atoms with van der Waals surface area (Å²) in [6, 6.07) is 0. The van der Waals surface area contributed by atoms with E-state index in [1.807, 2.05) is 0 Å². The van der Waals surface area contributed by atoms with Crippen LogP contribution < -0.4 is 0 Å². The van der Waals surface area contributed by atoms with Crippen molar-refractivity contribution in [3.05, 3.63) is 56.8 Å². The van der Waals surface area contributed by atoms with Gasteiger partial charge in [-0.2, -0.15) is 0 Å². The molecule has 1 saturated heterocycles. The van der Waals surface area contributed by atoms with Crippen LogP contribution in [0.4, 0.5) is 0 Å². The average Bonchev–Trinajstić information content (AvgIpc) is 3.16. The first-order valence-electron chi connectivity index (χ1n) is 11.8. The molecule has 0 aromatic heterocycles. The van der Waals surface area contributed by atoms with Gasteiger partial charge in [-0.1, -0.05) is 63.7 Å². The Morgan fingerprint density at radius 1 is 1.12 bits per heavy atom. The minimum atomic E-state index is -1.55. The summed E-state index contributed by atoms with van der Waals surface area (Å²) in [6.45, 7) is 0. The van der Waals surface area contributed by atoms with E-state index >= 15 is 0 Å². The summed E-state index contributed by atoms with van der Waals surface area (Å²) in [5.41, 5.74) is -1.57. The van der Waals surface area contributed by atoms with Crippen molar-refractivity contribution in [2.45, 2.75) is 68.7 Å². The van der Waals surface area contributed by atoms with Gasteiger partial charge in [0.1, 0.15) is 5.76 Å². The molecule has 0 amide bonds. The molecule has 2 saturated carbocycles. The second kappa shape index (κ2) is 6.25. The molecular weight excluding hydrogens is 488 g/mol. The Bertz CT molecular complexity index is 1160. The van der Waals surface area contributed by atoms with Gasteiger partial charge in [-0.15, -0.1) is 0 Å². The van der Waals surface area contributed by atoms with Crippen molar-refractivity contribution in [1.29, 1.82) is 0 Å². The second-order valence-corrected chi connectivity index (χ2v) is 12.1. The number of aliphatic hydroxyl groups excluding tert-OH is 1. The highest BCUT2D eigenvalue weighted by atomic mass is 79.9. The lowest BCUT2D eigenvalue weighted by atomic mass is 9.55. The lowest BCUT2D eigenvalue weighted by molar-refractivity contribution is -0.124. The Balaban J connectivity index is 1.57. The number of hydrogen-bond acceptors (Lipinski definition) is 3. The summed E-state index contributed by atoms with van der Waals surface area (Å²) in [4.78, 5) is 0. The molecule has 32 heavy (non-hydrogen) atoms. The van der Waals surface area contributed by atoms with Crippen LogP contribution in [0.3, 0.4) is 0 Å². The van der Waals surface area contributed by atoms with Crippen LogP contribution in [0, 0.1) is 34.5 Å². The van der Waals surface area contributed by atoms with Crippen molar-refractivity contribution in [1.82, 2.24) is 0 Å². The highest BCUT2D eigenvalue weighted by Crippen LogP contribution is 2.78. The molecule has 5 atom stereocenters. The number of fused-ring (bicyclic) bond motifs is 3. The van der Waals surface area contributed by atoms with Crippen LogP contribution >= 0.6 is 27.5 Å². The monoisotopic (exact) mass is 512 g/mol. The first-order valence-corrected chi connectivity index (χ1v) is 13.0. The highest BCUT2D eigenvalue weighted by molar-refractivity contribution is 9.11. The molecular formula is C27H26BrClO3. The maximum Gasteiger partial charge on any atom is 0.170 e. The number of rotatable bonds is 2. The third-order valence-corrected chi connectivity index (χ3v) is 10.9. The van der Waals surface area contributed by atoms with Crippen LogP contribution in [-0.2, 0) is 4.74 Å².